The Labute approximate surface area is 132 Å². The molecule has 1 saturated heterocycles. The third-order valence-corrected chi connectivity index (χ3v) is 10.8. The molecule has 0 aromatic heterocycles. The van der Waals surface area contributed by atoms with Crippen LogP contribution in [0.25, 0.3) is 0 Å². The topological polar surface area (TPSA) is 18.5 Å². The maximum absolute atomic E-state index is 6.81. The van der Waals surface area contributed by atoms with Crippen LogP contribution in [0.15, 0.2) is 22.7 Å². The second-order valence-corrected chi connectivity index (χ2v) is 13.9. The van der Waals surface area contributed by atoms with Crippen LogP contribution >= 0.6 is 15.9 Å². The molecular weight excluding hydrogens is 332 g/mol. The van der Waals surface area contributed by atoms with Crippen LogP contribution in [0.5, 0.6) is 0 Å². The van der Waals surface area contributed by atoms with Crippen LogP contribution in [0, 0.1) is 11.8 Å². The van der Waals surface area contributed by atoms with Crippen molar-refractivity contribution >= 4 is 24.5 Å². The Morgan fingerprint density at radius 1 is 1.00 bits per heavy atom. The highest BCUT2D eigenvalue weighted by molar-refractivity contribution is 9.11. The van der Waals surface area contributed by atoms with E-state index in [-0.39, 0.29) is 22.3 Å². The molecular formula is C16H25BrO2Si. The Hall–Kier alpha value is 0.0969. The lowest BCUT2D eigenvalue weighted by Gasteiger charge is -2.57. The average Bonchev–Trinajstić information content (AvgIpc) is 2.45. The molecule has 4 bridgehead atoms. The highest BCUT2D eigenvalue weighted by Crippen LogP contribution is 2.59. The van der Waals surface area contributed by atoms with Gasteiger partial charge in [-0.15, -0.1) is 0 Å². The molecule has 0 aromatic rings. The van der Waals surface area contributed by atoms with Gasteiger partial charge in [0.2, 0.25) is 0 Å². The molecule has 3 aliphatic rings. The Kier molecular flexibility index (Phi) is 3.23. The molecule has 3 rings (SSSR count). The molecule has 0 amide bonds. The van der Waals surface area contributed by atoms with Crippen LogP contribution in [0.4, 0.5) is 0 Å². The molecule has 1 heterocycles. The monoisotopic (exact) mass is 356 g/mol. The molecule has 2 aliphatic carbocycles. The van der Waals surface area contributed by atoms with E-state index in [9.17, 15) is 0 Å². The van der Waals surface area contributed by atoms with Crippen LogP contribution in [0.3, 0.4) is 0 Å². The van der Waals surface area contributed by atoms with Crippen LogP contribution in [-0.2, 0) is 8.85 Å². The highest BCUT2D eigenvalue weighted by Gasteiger charge is 2.65. The third kappa shape index (κ3) is 1.88. The average molecular weight is 357 g/mol. The number of hydrogen-bond donors (Lipinski definition) is 0. The van der Waals surface area contributed by atoms with E-state index in [0.717, 1.165) is 0 Å². The van der Waals surface area contributed by atoms with Gasteiger partial charge >= 0.3 is 8.56 Å². The van der Waals surface area contributed by atoms with Gasteiger partial charge in [0.25, 0.3) is 0 Å². The minimum atomic E-state index is -2.36. The van der Waals surface area contributed by atoms with Gasteiger partial charge in [0.15, 0.2) is 0 Å². The van der Waals surface area contributed by atoms with E-state index >= 15 is 0 Å². The Bertz CT molecular complexity index is 470. The van der Waals surface area contributed by atoms with Crippen molar-refractivity contribution in [3.05, 3.63) is 22.7 Å². The molecule has 2 nitrogen and oxygen atoms in total. The summed E-state index contributed by atoms with van der Waals surface area (Å²) in [6.07, 6.45) is 7.26. The van der Waals surface area contributed by atoms with E-state index < -0.39 is 8.56 Å². The van der Waals surface area contributed by atoms with Crippen LogP contribution in [0.2, 0.25) is 10.1 Å². The van der Waals surface area contributed by atoms with Gasteiger partial charge in [-0.3, -0.25) is 0 Å². The first-order valence-electron chi connectivity index (χ1n) is 7.48. The summed E-state index contributed by atoms with van der Waals surface area (Å²) in [7, 11) is -2.36. The van der Waals surface area contributed by atoms with Crippen molar-refractivity contribution in [3.8, 4) is 0 Å². The van der Waals surface area contributed by atoms with Crippen molar-refractivity contribution in [2.24, 2.45) is 11.8 Å². The first-order chi connectivity index (χ1) is 9.07. The Morgan fingerprint density at radius 3 is 2.15 bits per heavy atom. The largest absolute Gasteiger partial charge is 0.389 e. The van der Waals surface area contributed by atoms with E-state index in [4.69, 9.17) is 8.85 Å². The fourth-order valence-electron chi connectivity index (χ4n) is 4.14. The second-order valence-electron chi connectivity index (χ2n) is 8.32. The number of halogens is 1. The Morgan fingerprint density at radius 2 is 1.60 bits per heavy atom. The molecule has 4 atom stereocenters. The summed E-state index contributed by atoms with van der Waals surface area (Å²) < 4.78 is 14.8. The molecule has 0 aromatic carbocycles. The summed E-state index contributed by atoms with van der Waals surface area (Å²) in [5.74, 6) is 0.765. The van der Waals surface area contributed by atoms with Gasteiger partial charge in [-0.2, -0.15) is 0 Å². The summed E-state index contributed by atoms with van der Waals surface area (Å²) in [6.45, 7) is 13.7. The maximum atomic E-state index is 6.81. The zero-order valence-electron chi connectivity index (χ0n) is 13.2. The molecule has 0 saturated carbocycles. The summed E-state index contributed by atoms with van der Waals surface area (Å²) >= 11 is 3.71. The van der Waals surface area contributed by atoms with E-state index in [0.29, 0.717) is 11.8 Å². The van der Waals surface area contributed by atoms with Gasteiger partial charge in [-0.05, 0) is 0 Å². The second kappa shape index (κ2) is 4.31. The lowest BCUT2D eigenvalue weighted by Crippen LogP contribution is -2.66. The molecule has 20 heavy (non-hydrogen) atoms. The van der Waals surface area contributed by atoms with E-state index in [2.05, 4.69) is 75.7 Å². The molecule has 0 spiro atoms. The fourth-order valence-corrected chi connectivity index (χ4v) is 9.88. The van der Waals surface area contributed by atoms with Crippen molar-refractivity contribution in [1.82, 2.24) is 0 Å². The standard InChI is InChI=1S/C16H25BrO2Si/c1-15(2,3)20(16(4,5)6)18-13-8-7-10-12(17)9-11(13)14(10)19-20/h7-11,13-14H,1-6H3/t10?,11-,13?,14?/m0/s1. The molecule has 0 N–H and O–H groups in total. The summed E-state index contributed by atoms with van der Waals surface area (Å²) in [6, 6.07) is 0. The van der Waals surface area contributed by atoms with Crippen molar-refractivity contribution < 1.29 is 8.85 Å². The van der Waals surface area contributed by atoms with Gasteiger partial charge in [0, 0.05) is 26.4 Å². The summed E-state index contributed by atoms with van der Waals surface area (Å²) in [5.41, 5.74) is 0. The molecule has 4 heteroatoms. The maximum Gasteiger partial charge on any atom is 0.350 e. The number of rotatable bonds is 0. The fraction of sp³-hybridized carbons (Fsp3) is 0.750. The first kappa shape index (κ1) is 15.0. The number of hydrogen-bond acceptors (Lipinski definition) is 2. The van der Waals surface area contributed by atoms with Gasteiger partial charge in [-0.25, -0.2) is 0 Å². The first-order valence-corrected chi connectivity index (χ1v) is 10.1. The summed E-state index contributed by atoms with van der Waals surface area (Å²) in [5, 5.41) is 0.110. The smallest absolute Gasteiger partial charge is 0.350 e. The SMILES string of the molecule is CC(C)(C)[Si]1(C(C)(C)C)OC2C=CC3C(Br)=C[C@@H]2C3O1. The van der Waals surface area contributed by atoms with Gasteiger partial charge in [0.05, 0.1) is 12.2 Å². The zero-order chi connectivity index (χ0) is 14.9. The van der Waals surface area contributed by atoms with E-state index in [1.54, 1.807) is 0 Å². The van der Waals surface area contributed by atoms with Crippen molar-refractivity contribution in [1.29, 1.82) is 0 Å². The minimum Gasteiger partial charge on any atom is -0.389 e. The molecule has 112 valence electrons. The predicted octanol–water partition coefficient (Wildman–Crippen LogP) is 4.91. The predicted molar refractivity (Wildman–Crippen MR) is 88.1 cm³/mol. The molecule has 1 aliphatic heterocycles. The normalized spacial score (nSPS) is 38.9. The van der Waals surface area contributed by atoms with Gasteiger partial charge in [-0.1, -0.05) is 75.7 Å². The highest BCUT2D eigenvalue weighted by atomic mass is 79.9. The van der Waals surface area contributed by atoms with Crippen molar-refractivity contribution in [2.75, 3.05) is 0 Å². The van der Waals surface area contributed by atoms with Crippen molar-refractivity contribution in [3.63, 3.8) is 0 Å². The molecule has 0 radical (unpaired) electrons. The van der Waals surface area contributed by atoms with Gasteiger partial charge in [0.1, 0.15) is 0 Å². The Balaban J connectivity index is 2.05. The third-order valence-electron chi connectivity index (χ3n) is 4.87. The molecule has 1 fully saturated rings. The minimum absolute atomic E-state index is 0.0548. The molecule has 3 unspecified atom stereocenters. The van der Waals surface area contributed by atoms with Crippen LogP contribution < -0.4 is 0 Å². The van der Waals surface area contributed by atoms with E-state index in [1.165, 1.54) is 4.48 Å². The lowest BCUT2D eigenvalue weighted by molar-refractivity contribution is -0.0473. The van der Waals surface area contributed by atoms with Crippen LogP contribution in [0.1, 0.15) is 41.5 Å². The van der Waals surface area contributed by atoms with E-state index in [1.807, 2.05) is 0 Å². The van der Waals surface area contributed by atoms with Crippen molar-refractivity contribution in [2.45, 2.75) is 63.8 Å². The zero-order valence-corrected chi connectivity index (χ0v) is 15.8. The quantitative estimate of drug-likeness (QED) is 0.453. The lowest BCUT2D eigenvalue weighted by atomic mass is 9.89. The van der Waals surface area contributed by atoms with Gasteiger partial charge < -0.3 is 8.85 Å². The van der Waals surface area contributed by atoms with Crippen LogP contribution in [-0.4, -0.2) is 20.8 Å². The summed E-state index contributed by atoms with van der Waals surface area (Å²) in [4.78, 5) is 0.